The molecular weight excluding hydrogens is 248 g/mol. The lowest BCUT2D eigenvalue weighted by Crippen LogP contribution is -2.28. The Kier molecular flexibility index (Phi) is 2.88. The number of hydrogen-bond donors (Lipinski definition) is 0. The molecule has 100 valence electrons. The summed E-state index contributed by atoms with van der Waals surface area (Å²) >= 11 is 0. The molecule has 0 bridgehead atoms. The van der Waals surface area contributed by atoms with Crippen LogP contribution in [0.4, 0.5) is 8.78 Å². The number of ether oxygens (including phenoxy) is 1. The lowest BCUT2D eigenvalue weighted by Gasteiger charge is -2.29. The minimum atomic E-state index is -0.653. The van der Waals surface area contributed by atoms with Gasteiger partial charge in [0.2, 0.25) is 5.90 Å². The zero-order valence-corrected chi connectivity index (χ0v) is 10.6. The second kappa shape index (κ2) is 4.44. The summed E-state index contributed by atoms with van der Waals surface area (Å²) in [5.74, 6) is -0.758. The van der Waals surface area contributed by atoms with Crippen molar-refractivity contribution in [3.8, 4) is 0 Å². The van der Waals surface area contributed by atoms with Crippen LogP contribution in [0.3, 0.4) is 0 Å². The van der Waals surface area contributed by atoms with Crippen LogP contribution in [-0.4, -0.2) is 11.4 Å². The molecule has 1 heterocycles. The van der Waals surface area contributed by atoms with Crippen molar-refractivity contribution in [3.05, 3.63) is 47.7 Å². The zero-order valence-electron chi connectivity index (χ0n) is 10.6. The van der Waals surface area contributed by atoms with Crippen molar-refractivity contribution in [2.75, 3.05) is 0 Å². The Morgan fingerprint density at radius 2 is 1.74 bits per heavy atom. The average molecular weight is 263 g/mol. The third kappa shape index (κ3) is 1.95. The lowest BCUT2D eigenvalue weighted by atomic mass is 9.81. The predicted molar refractivity (Wildman–Crippen MR) is 68.9 cm³/mol. The fraction of sp³-hybridized carbons (Fsp3) is 0.400. The van der Waals surface area contributed by atoms with E-state index in [9.17, 15) is 8.78 Å². The van der Waals surface area contributed by atoms with E-state index in [1.54, 1.807) is 0 Å². The molecule has 0 amide bonds. The van der Waals surface area contributed by atoms with Gasteiger partial charge in [0.1, 0.15) is 28.5 Å². The third-order valence-corrected chi connectivity index (χ3v) is 3.91. The van der Waals surface area contributed by atoms with Gasteiger partial charge in [-0.05, 0) is 25.0 Å². The van der Waals surface area contributed by atoms with Crippen LogP contribution in [0.15, 0.2) is 35.5 Å². The molecule has 0 N–H and O–H groups in total. The second-order valence-electron chi connectivity index (χ2n) is 5.13. The Morgan fingerprint density at radius 1 is 1.11 bits per heavy atom. The minimum absolute atomic E-state index is 0.0301. The Hall–Kier alpha value is -1.71. The molecule has 1 fully saturated rings. The van der Waals surface area contributed by atoms with Gasteiger partial charge in [-0.25, -0.2) is 13.8 Å². The van der Waals surface area contributed by atoms with E-state index in [4.69, 9.17) is 4.74 Å². The van der Waals surface area contributed by atoms with E-state index in [1.807, 2.05) is 0 Å². The predicted octanol–water partition coefficient (Wildman–Crippen LogP) is 3.96. The molecule has 0 aromatic heterocycles. The average Bonchev–Trinajstić information content (AvgIpc) is 2.67. The molecule has 1 aromatic rings. The quantitative estimate of drug-likeness (QED) is 0.751. The van der Waals surface area contributed by atoms with Crippen molar-refractivity contribution < 1.29 is 13.5 Å². The molecule has 1 aromatic carbocycles. The summed E-state index contributed by atoms with van der Waals surface area (Å²) in [7, 11) is 0. The zero-order chi connectivity index (χ0) is 13.5. The molecule has 1 spiro atoms. The number of benzene rings is 1. The van der Waals surface area contributed by atoms with Crippen LogP contribution in [0.1, 0.15) is 37.7 Å². The number of aliphatic imine (C=N–C) groups is 1. The molecule has 2 aliphatic rings. The van der Waals surface area contributed by atoms with Crippen LogP contribution < -0.4 is 0 Å². The normalized spacial score (nSPS) is 21.4. The van der Waals surface area contributed by atoms with Crippen LogP contribution in [0.5, 0.6) is 0 Å². The van der Waals surface area contributed by atoms with Crippen molar-refractivity contribution in [2.24, 2.45) is 4.99 Å². The van der Waals surface area contributed by atoms with E-state index in [0.29, 0.717) is 5.76 Å². The smallest absolute Gasteiger partial charge is 0.228 e. The van der Waals surface area contributed by atoms with Crippen LogP contribution in [0.25, 0.3) is 0 Å². The minimum Gasteiger partial charge on any atom is -0.441 e. The van der Waals surface area contributed by atoms with Gasteiger partial charge in [0.15, 0.2) is 0 Å². The molecule has 1 aliphatic carbocycles. The number of hydrogen-bond acceptors (Lipinski definition) is 2. The Labute approximate surface area is 110 Å². The highest BCUT2D eigenvalue weighted by Gasteiger charge is 2.42. The second-order valence-corrected chi connectivity index (χ2v) is 5.13. The molecule has 19 heavy (non-hydrogen) atoms. The molecule has 1 saturated carbocycles. The van der Waals surface area contributed by atoms with Crippen molar-refractivity contribution in [2.45, 2.75) is 37.6 Å². The Bertz CT molecular complexity index is 539. The highest BCUT2D eigenvalue weighted by molar-refractivity contribution is 5.97. The topological polar surface area (TPSA) is 21.6 Å². The molecule has 0 radical (unpaired) electrons. The summed E-state index contributed by atoms with van der Waals surface area (Å²) in [5, 5.41) is 0. The maximum absolute atomic E-state index is 13.8. The van der Waals surface area contributed by atoms with E-state index in [0.717, 1.165) is 32.1 Å². The van der Waals surface area contributed by atoms with E-state index in [2.05, 4.69) is 11.6 Å². The SMILES string of the molecule is C=C1OC(c2c(F)cccc2F)=NC12CCCCC2. The Balaban J connectivity index is 2.03. The van der Waals surface area contributed by atoms with Gasteiger partial charge in [-0.3, -0.25) is 0 Å². The third-order valence-electron chi connectivity index (χ3n) is 3.91. The number of nitrogens with zero attached hydrogens (tertiary/aromatic N) is 1. The van der Waals surface area contributed by atoms with Gasteiger partial charge in [0, 0.05) is 0 Å². The fourth-order valence-corrected chi connectivity index (χ4v) is 2.83. The first-order chi connectivity index (χ1) is 9.12. The fourth-order valence-electron chi connectivity index (χ4n) is 2.83. The van der Waals surface area contributed by atoms with Gasteiger partial charge in [0.05, 0.1) is 0 Å². The standard InChI is InChI=1S/C15H15F2NO/c1-10-15(8-3-2-4-9-15)18-14(19-10)13-11(16)6-5-7-12(13)17/h5-7H,1-4,8-9H2. The largest absolute Gasteiger partial charge is 0.441 e. The number of halogens is 2. The van der Waals surface area contributed by atoms with Crippen molar-refractivity contribution in [1.82, 2.24) is 0 Å². The first-order valence-electron chi connectivity index (χ1n) is 6.54. The molecule has 0 atom stereocenters. The van der Waals surface area contributed by atoms with Crippen LogP contribution in [-0.2, 0) is 4.74 Å². The summed E-state index contributed by atoms with van der Waals surface area (Å²) in [6, 6.07) is 3.74. The molecule has 4 heteroatoms. The molecule has 2 nitrogen and oxygen atoms in total. The molecule has 0 unspecified atom stereocenters. The summed E-state index contributed by atoms with van der Waals surface area (Å²) in [5.41, 5.74) is -0.659. The van der Waals surface area contributed by atoms with Crippen molar-refractivity contribution in [3.63, 3.8) is 0 Å². The van der Waals surface area contributed by atoms with Gasteiger partial charge in [-0.2, -0.15) is 0 Å². The Morgan fingerprint density at radius 3 is 2.37 bits per heavy atom. The van der Waals surface area contributed by atoms with E-state index in [-0.39, 0.29) is 11.5 Å². The van der Waals surface area contributed by atoms with Gasteiger partial charge in [-0.15, -0.1) is 0 Å². The van der Waals surface area contributed by atoms with Gasteiger partial charge >= 0.3 is 0 Å². The van der Waals surface area contributed by atoms with Crippen LogP contribution in [0.2, 0.25) is 0 Å². The van der Waals surface area contributed by atoms with Crippen molar-refractivity contribution >= 4 is 5.90 Å². The maximum Gasteiger partial charge on any atom is 0.228 e. The van der Waals surface area contributed by atoms with Crippen LogP contribution >= 0.6 is 0 Å². The van der Waals surface area contributed by atoms with Gasteiger partial charge < -0.3 is 4.74 Å². The number of rotatable bonds is 1. The summed E-state index contributed by atoms with van der Waals surface area (Å²) in [6.07, 6.45) is 4.92. The van der Waals surface area contributed by atoms with E-state index in [1.165, 1.54) is 18.2 Å². The van der Waals surface area contributed by atoms with E-state index < -0.39 is 17.2 Å². The lowest BCUT2D eigenvalue weighted by molar-refractivity contribution is 0.285. The highest BCUT2D eigenvalue weighted by Crippen LogP contribution is 2.42. The first kappa shape index (κ1) is 12.3. The molecule has 1 aliphatic heterocycles. The molecule has 3 rings (SSSR count). The highest BCUT2D eigenvalue weighted by atomic mass is 19.1. The monoisotopic (exact) mass is 263 g/mol. The molecular formula is C15H15F2NO. The van der Waals surface area contributed by atoms with E-state index >= 15 is 0 Å². The van der Waals surface area contributed by atoms with Gasteiger partial charge in [-0.1, -0.05) is 31.9 Å². The summed E-state index contributed by atoms with van der Waals surface area (Å²) < 4.78 is 33.0. The van der Waals surface area contributed by atoms with Crippen molar-refractivity contribution in [1.29, 1.82) is 0 Å². The molecule has 0 saturated heterocycles. The summed E-state index contributed by atoms with van der Waals surface area (Å²) in [6.45, 7) is 3.88. The van der Waals surface area contributed by atoms with Crippen LogP contribution in [0, 0.1) is 11.6 Å². The van der Waals surface area contributed by atoms with Gasteiger partial charge in [0.25, 0.3) is 0 Å². The maximum atomic E-state index is 13.8. The first-order valence-corrected chi connectivity index (χ1v) is 6.54. The summed E-state index contributed by atoms with van der Waals surface area (Å²) in [4.78, 5) is 4.47.